The SMILES string of the molecule is CCOC(=O)C1=C(c2ccccc2)N=C2SC=C(CC(=O)NC3CC3)N2C1c1cccc(OC)c1OC. The van der Waals surface area contributed by atoms with Gasteiger partial charge >= 0.3 is 5.97 Å². The number of aliphatic imine (C=N–C) groups is 1. The number of benzene rings is 2. The van der Waals surface area contributed by atoms with E-state index < -0.39 is 12.0 Å². The highest BCUT2D eigenvalue weighted by molar-refractivity contribution is 8.16. The second kappa shape index (κ2) is 10.7. The molecule has 2 aromatic carbocycles. The number of amidine groups is 1. The molecule has 1 aliphatic carbocycles. The number of hydrogen-bond acceptors (Lipinski definition) is 8. The van der Waals surface area contributed by atoms with Crippen molar-refractivity contribution in [3.8, 4) is 11.5 Å². The van der Waals surface area contributed by atoms with Crippen LogP contribution in [0.3, 0.4) is 0 Å². The highest BCUT2D eigenvalue weighted by Crippen LogP contribution is 2.50. The average Bonchev–Trinajstić information content (AvgIpc) is 3.65. The van der Waals surface area contributed by atoms with Crippen LogP contribution in [0.25, 0.3) is 5.70 Å². The third kappa shape index (κ3) is 4.96. The van der Waals surface area contributed by atoms with E-state index in [-0.39, 0.29) is 25.0 Å². The van der Waals surface area contributed by atoms with Crippen molar-refractivity contribution in [2.45, 2.75) is 38.3 Å². The molecule has 3 aliphatic rings. The molecule has 0 bridgehead atoms. The van der Waals surface area contributed by atoms with Crippen molar-refractivity contribution >= 4 is 34.5 Å². The molecule has 1 unspecified atom stereocenters. The fourth-order valence-electron chi connectivity index (χ4n) is 4.58. The van der Waals surface area contributed by atoms with Gasteiger partial charge in [0.25, 0.3) is 0 Å². The molecule has 2 aliphatic heterocycles. The first-order valence-corrected chi connectivity index (χ1v) is 13.1. The number of para-hydroxylation sites is 1. The quantitative estimate of drug-likeness (QED) is 0.483. The van der Waals surface area contributed by atoms with Gasteiger partial charge in [-0.25, -0.2) is 9.79 Å². The first kappa shape index (κ1) is 25.0. The number of ether oxygens (including phenoxy) is 3. The normalized spacial score (nSPS) is 18.6. The topological polar surface area (TPSA) is 89.5 Å². The third-order valence-corrected chi connectivity index (χ3v) is 7.25. The van der Waals surface area contributed by atoms with E-state index in [0.717, 1.165) is 24.1 Å². The number of esters is 1. The first-order chi connectivity index (χ1) is 18.0. The highest BCUT2D eigenvalue weighted by atomic mass is 32.2. The Kier molecular flexibility index (Phi) is 7.23. The van der Waals surface area contributed by atoms with Crippen molar-refractivity contribution in [2.24, 2.45) is 4.99 Å². The van der Waals surface area contributed by atoms with Gasteiger partial charge in [0.2, 0.25) is 5.91 Å². The monoisotopic (exact) mass is 519 g/mol. The summed E-state index contributed by atoms with van der Waals surface area (Å²) in [6, 6.07) is 14.8. The Balaban J connectivity index is 1.69. The summed E-state index contributed by atoms with van der Waals surface area (Å²) < 4.78 is 17.0. The molecule has 1 saturated carbocycles. The predicted molar refractivity (Wildman–Crippen MR) is 143 cm³/mol. The Morgan fingerprint density at radius 3 is 2.54 bits per heavy atom. The number of nitrogens with one attached hydrogen (secondary N) is 1. The van der Waals surface area contributed by atoms with Crippen LogP contribution in [0, 0.1) is 0 Å². The fourth-order valence-corrected chi connectivity index (χ4v) is 5.50. The fraction of sp³-hybridized carbons (Fsp3) is 0.321. The van der Waals surface area contributed by atoms with Gasteiger partial charge in [-0.2, -0.15) is 0 Å². The van der Waals surface area contributed by atoms with Gasteiger partial charge < -0.3 is 24.4 Å². The van der Waals surface area contributed by atoms with Crippen LogP contribution in [0.2, 0.25) is 0 Å². The van der Waals surface area contributed by atoms with E-state index in [4.69, 9.17) is 19.2 Å². The lowest BCUT2D eigenvalue weighted by atomic mass is 9.90. The number of rotatable bonds is 9. The number of nitrogens with zero attached hydrogens (tertiary/aromatic N) is 2. The molecule has 192 valence electrons. The van der Waals surface area contributed by atoms with Crippen LogP contribution < -0.4 is 14.8 Å². The minimum absolute atomic E-state index is 0.0533. The molecule has 1 fully saturated rings. The van der Waals surface area contributed by atoms with Crippen LogP contribution in [0.4, 0.5) is 0 Å². The minimum Gasteiger partial charge on any atom is -0.493 e. The van der Waals surface area contributed by atoms with Gasteiger partial charge in [0.05, 0.1) is 44.6 Å². The Hall–Kier alpha value is -3.72. The molecule has 37 heavy (non-hydrogen) atoms. The number of carbonyl (C=O) groups excluding carboxylic acids is 2. The highest BCUT2D eigenvalue weighted by Gasteiger charge is 2.44. The van der Waals surface area contributed by atoms with Crippen LogP contribution in [0.1, 0.15) is 43.4 Å². The maximum atomic E-state index is 13.6. The summed E-state index contributed by atoms with van der Waals surface area (Å²) in [5.74, 6) is 0.515. The molecule has 1 atom stereocenters. The number of carbonyl (C=O) groups is 2. The van der Waals surface area contributed by atoms with Gasteiger partial charge in [0.1, 0.15) is 0 Å². The minimum atomic E-state index is -0.651. The van der Waals surface area contributed by atoms with Crippen LogP contribution in [-0.4, -0.2) is 48.8 Å². The van der Waals surface area contributed by atoms with Crippen LogP contribution in [-0.2, 0) is 14.3 Å². The van der Waals surface area contributed by atoms with Gasteiger partial charge in [-0.1, -0.05) is 54.2 Å². The van der Waals surface area contributed by atoms with Gasteiger partial charge in [0, 0.05) is 22.9 Å². The number of methoxy groups -OCH3 is 2. The number of amides is 1. The molecule has 0 aromatic heterocycles. The zero-order chi connectivity index (χ0) is 25.9. The van der Waals surface area contributed by atoms with Crippen molar-refractivity contribution in [3.05, 3.63) is 76.3 Å². The lowest BCUT2D eigenvalue weighted by Gasteiger charge is -2.37. The van der Waals surface area contributed by atoms with Crippen LogP contribution in [0.15, 0.2) is 70.2 Å². The Morgan fingerprint density at radius 1 is 1.08 bits per heavy atom. The summed E-state index contributed by atoms with van der Waals surface area (Å²) in [6.45, 7) is 1.99. The Labute approximate surface area is 220 Å². The number of hydrogen-bond donors (Lipinski definition) is 1. The van der Waals surface area contributed by atoms with E-state index in [0.29, 0.717) is 33.5 Å². The van der Waals surface area contributed by atoms with E-state index in [1.807, 2.05) is 58.8 Å². The van der Waals surface area contributed by atoms with E-state index >= 15 is 0 Å². The number of fused-ring (bicyclic) bond motifs is 1. The maximum absolute atomic E-state index is 13.6. The van der Waals surface area contributed by atoms with E-state index in [1.165, 1.54) is 11.8 Å². The summed E-state index contributed by atoms with van der Waals surface area (Å²) in [5, 5.41) is 5.67. The molecule has 0 radical (unpaired) electrons. The Bertz CT molecular complexity index is 1300. The van der Waals surface area contributed by atoms with Gasteiger partial charge in [-0.3, -0.25) is 4.79 Å². The van der Waals surface area contributed by atoms with Crippen molar-refractivity contribution in [2.75, 3.05) is 20.8 Å². The molecule has 2 heterocycles. The molecule has 0 spiro atoms. The molecule has 8 nitrogen and oxygen atoms in total. The smallest absolute Gasteiger partial charge is 0.338 e. The van der Waals surface area contributed by atoms with Crippen molar-refractivity contribution < 1.29 is 23.8 Å². The van der Waals surface area contributed by atoms with Gasteiger partial charge in [0.15, 0.2) is 16.7 Å². The van der Waals surface area contributed by atoms with Crippen LogP contribution >= 0.6 is 11.8 Å². The second-order valence-electron chi connectivity index (χ2n) is 8.84. The van der Waals surface area contributed by atoms with Gasteiger partial charge in [-0.15, -0.1) is 0 Å². The van der Waals surface area contributed by atoms with Crippen molar-refractivity contribution in [1.82, 2.24) is 10.2 Å². The molecule has 2 aromatic rings. The largest absolute Gasteiger partial charge is 0.493 e. The lowest BCUT2D eigenvalue weighted by molar-refractivity contribution is -0.139. The van der Waals surface area contributed by atoms with Crippen molar-refractivity contribution in [3.63, 3.8) is 0 Å². The summed E-state index contributed by atoms with van der Waals surface area (Å²) in [7, 11) is 3.15. The predicted octanol–water partition coefficient (Wildman–Crippen LogP) is 4.65. The third-order valence-electron chi connectivity index (χ3n) is 6.36. The lowest BCUT2D eigenvalue weighted by Crippen LogP contribution is -2.38. The molecule has 5 rings (SSSR count). The molecule has 0 saturated heterocycles. The summed E-state index contributed by atoms with van der Waals surface area (Å²) in [5.41, 5.74) is 3.17. The first-order valence-electron chi connectivity index (χ1n) is 12.3. The molecular weight excluding hydrogens is 490 g/mol. The summed E-state index contributed by atoms with van der Waals surface area (Å²) >= 11 is 1.43. The standard InChI is InChI=1S/C28H29N3O5S/c1-4-36-27(33)23-24(17-9-6-5-7-10-17)30-28-31(19(16-37-28)15-22(32)29-18-13-14-18)25(23)20-11-8-12-21(34-2)26(20)35-3/h5-12,16,18,25H,4,13-15H2,1-3H3,(H,29,32). The second-order valence-corrected chi connectivity index (χ2v) is 9.68. The van der Waals surface area contributed by atoms with E-state index in [9.17, 15) is 9.59 Å². The van der Waals surface area contributed by atoms with Crippen LogP contribution in [0.5, 0.6) is 11.5 Å². The molecule has 1 amide bonds. The Morgan fingerprint density at radius 2 is 1.86 bits per heavy atom. The molecule has 9 heteroatoms. The van der Waals surface area contributed by atoms with Gasteiger partial charge in [-0.05, 0) is 31.2 Å². The number of thioether (sulfide) groups is 1. The maximum Gasteiger partial charge on any atom is 0.338 e. The zero-order valence-corrected chi connectivity index (χ0v) is 21.8. The summed E-state index contributed by atoms with van der Waals surface area (Å²) in [6.07, 6.45) is 2.19. The van der Waals surface area contributed by atoms with E-state index in [1.54, 1.807) is 21.1 Å². The summed E-state index contributed by atoms with van der Waals surface area (Å²) in [4.78, 5) is 33.3. The van der Waals surface area contributed by atoms with E-state index in [2.05, 4.69) is 5.32 Å². The molecule has 1 N–H and O–H groups in total. The van der Waals surface area contributed by atoms with Crippen molar-refractivity contribution in [1.29, 1.82) is 0 Å². The molecular formula is C28H29N3O5S. The average molecular weight is 520 g/mol. The zero-order valence-electron chi connectivity index (χ0n) is 21.0.